The minimum Gasteiger partial charge on any atom is -0.466 e. The molecule has 0 bridgehead atoms. The van der Waals surface area contributed by atoms with Gasteiger partial charge in [-0.25, -0.2) is 4.79 Å². The summed E-state index contributed by atoms with van der Waals surface area (Å²) in [5, 5.41) is 0. The van der Waals surface area contributed by atoms with Crippen LogP contribution in [-0.2, 0) is 14.3 Å². The van der Waals surface area contributed by atoms with Gasteiger partial charge in [0, 0.05) is 11.1 Å². The third-order valence-corrected chi connectivity index (χ3v) is 1.42. The van der Waals surface area contributed by atoms with E-state index in [0.29, 0.717) is 0 Å². The Morgan fingerprint density at radius 2 is 1.64 bits per heavy atom. The summed E-state index contributed by atoms with van der Waals surface area (Å²) < 4.78 is 4.38. The molecule has 0 aromatic heterocycles. The first kappa shape index (κ1) is 9.68. The maximum atomic E-state index is 10.8. The van der Waals surface area contributed by atoms with Gasteiger partial charge in [0.2, 0.25) is 5.91 Å². The summed E-state index contributed by atoms with van der Waals surface area (Å²) >= 11 is 0. The molecule has 0 aliphatic rings. The molecular formula is C7H11NO3. The van der Waals surface area contributed by atoms with E-state index in [0.717, 1.165) is 0 Å². The number of esters is 1. The van der Waals surface area contributed by atoms with Crippen LogP contribution in [0.5, 0.6) is 0 Å². The Balaban J connectivity index is 4.66. The monoisotopic (exact) mass is 157 g/mol. The minimum atomic E-state index is -0.604. The molecule has 0 heterocycles. The molecule has 0 aliphatic carbocycles. The highest BCUT2D eigenvalue weighted by molar-refractivity contribution is 6.01. The van der Waals surface area contributed by atoms with Crippen LogP contribution in [0.2, 0.25) is 0 Å². The molecule has 62 valence electrons. The standard InChI is InChI=1S/C7H11NO3/c1-4(6(8)9)5(2)7(10)11-3/h1-3H3,(H2,8,9)/b5-4+. The zero-order valence-electron chi connectivity index (χ0n) is 6.80. The second-order valence-electron chi connectivity index (χ2n) is 2.11. The Kier molecular flexibility index (Phi) is 3.30. The van der Waals surface area contributed by atoms with Crippen molar-refractivity contribution in [3.8, 4) is 0 Å². The van der Waals surface area contributed by atoms with Gasteiger partial charge >= 0.3 is 5.97 Å². The van der Waals surface area contributed by atoms with Crippen molar-refractivity contribution >= 4 is 11.9 Å². The Bertz CT molecular complexity index is 218. The third kappa shape index (κ3) is 2.41. The predicted octanol–water partition coefficient (Wildman–Crippen LogP) is -0.0189. The molecule has 0 fully saturated rings. The number of primary amides is 1. The van der Waals surface area contributed by atoms with E-state index in [2.05, 4.69) is 4.74 Å². The van der Waals surface area contributed by atoms with E-state index in [4.69, 9.17) is 5.73 Å². The molecule has 0 unspecified atom stereocenters. The topological polar surface area (TPSA) is 69.4 Å². The Morgan fingerprint density at radius 1 is 1.18 bits per heavy atom. The van der Waals surface area contributed by atoms with Crippen LogP contribution in [0, 0.1) is 0 Å². The molecule has 0 rings (SSSR count). The first-order chi connectivity index (χ1) is 5.00. The second-order valence-corrected chi connectivity index (χ2v) is 2.11. The molecule has 0 radical (unpaired) electrons. The molecule has 0 aromatic carbocycles. The number of carbonyl (C=O) groups is 2. The predicted molar refractivity (Wildman–Crippen MR) is 39.6 cm³/mol. The Morgan fingerprint density at radius 3 is 1.91 bits per heavy atom. The zero-order chi connectivity index (χ0) is 9.02. The summed E-state index contributed by atoms with van der Waals surface area (Å²) in [4.78, 5) is 21.3. The quantitative estimate of drug-likeness (QED) is 0.452. The van der Waals surface area contributed by atoms with Gasteiger partial charge in [0.15, 0.2) is 0 Å². The molecule has 11 heavy (non-hydrogen) atoms. The third-order valence-electron chi connectivity index (χ3n) is 1.42. The largest absolute Gasteiger partial charge is 0.466 e. The van der Waals surface area contributed by atoms with E-state index in [9.17, 15) is 9.59 Å². The van der Waals surface area contributed by atoms with Crippen LogP contribution in [-0.4, -0.2) is 19.0 Å². The maximum absolute atomic E-state index is 10.8. The van der Waals surface area contributed by atoms with Gasteiger partial charge < -0.3 is 10.5 Å². The van der Waals surface area contributed by atoms with Crippen molar-refractivity contribution < 1.29 is 14.3 Å². The molecule has 4 heteroatoms. The number of hydrogen-bond donors (Lipinski definition) is 1. The summed E-state index contributed by atoms with van der Waals surface area (Å²) in [6.45, 7) is 2.97. The van der Waals surface area contributed by atoms with Gasteiger partial charge in [-0.2, -0.15) is 0 Å². The fourth-order valence-electron chi connectivity index (χ4n) is 0.491. The lowest BCUT2D eigenvalue weighted by molar-refractivity contribution is -0.136. The fraction of sp³-hybridized carbons (Fsp3) is 0.429. The number of methoxy groups -OCH3 is 1. The minimum absolute atomic E-state index is 0.233. The number of rotatable bonds is 2. The Labute approximate surface area is 65.0 Å². The van der Waals surface area contributed by atoms with Crippen LogP contribution >= 0.6 is 0 Å². The van der Waals surface area contributed by atoms with Gasteiger partial charge in [-0.05, 0) is 13.8 Å². The van der Waals surface area contributed by atoms with Crippen LogP contribution in [0.1, 0.15) is 13.8 Å². The van der Waals surface area contributed by atoms with Crippen LogP contribution < -0.4 is 5.73 Å². The van der Waals surface area contributed by atoms with E-state index in [1.807, 2.05) is 0 Å². The Hall–Kier alpha value is -1.32. The van der Waals surface area contributed by atoms with Crippen molar-refractivity contribution in [2.75, 3.05) is 7.11 Å². The van der Waals surface area contributed by atoms with Crippen molar-refractivity contribution in [1.82, 2.24) is 0 Å². The highest BCUT2D eigenvalue weighted by Gasteiger charge is 2.10. The summed E-state index contributed by atoms with van der Waals surface area (Å²) in [6, 6.07) is 0. The van der Waals surface area contributed by atoms with Crippen molar-refractivity contribution in [1.29, 1.82) is 0 Å². The summed E-state index contributed by atoms with van der Waals surface area (Å²) in [7, 11) is 1.25. The summed E-state index contributed by atoms with van der Waals surface area (Å²) in [5.74, 6) is -1.13. The van der Waals surface area contributed by atoms with E-state index >= 15 is 0 Å². The highest BCUT2D eigenvalue weighted by Crippen LogP contribution is 2.03. The van der Waals surface area contributed by atoms with Gasteiger partial charge in [-0.15, -0.1) is 0 Å². The molecule has 0 saturated carbocycles. The average Bonchev–Trinajstić information content (AvgIpc) is 2.00. The molecule has 0 aliphatic heterocycles. The highest BCUT2D eigenvalue weighted by atomic mass is 16.5. The number of amides is 1. The van der Waals surface area contributed by atoms with Crippen LogP contribution in [0.15, 0.2) is 11.1 Å². The van der Waals surface area contributed by atoms with Gasteiger partial charge in [0.05, 0.1) is 7.11 Å². The lowest BCUT2D eigenvalue weighted by Crippen LogP contribution is -2.16. The van der Waals surface area contributed by atoms with Crippen molar-refractivity contribution in [3.63, 3.8) is 0 Å². The number of ether oxygens (including phenoxy) is 1. The van der Waals surface area contributed by atoms with Crippen molar-refractivity contribution in [3.05, 3.63) is 11.1 Å². The maximum Gasteiger partial charge on any atom is 0.333 e. The first-order valence-corrected chi connectivity index (χ1v) is 3.06. The van der Waals surface area contributed by atoms with E-state index in [1.165, 1.54) is 21.0 Å². The van der Waals surface area contributed by atoms with E-state index in [-0.39, 0.29) is 11.1 Å². The molecule has 0 atom stereocenters. The first-order valence-electron chi connectivity index (χ1n) is 3.06. The van der Waals surface area contributed by atoms with Crippen LogP contribution in [0.3, 0.4) is 0 Å². The van der Waals surface area contributed by atoms with Gasteiger partial charge in [0.25, 0.3) is 0 Å². The lowest BCUT2D eigenvalue weighted by Gasteiger charge is -2.00. The van der Waals surface area contributed by atoms with Crippen molar-refractivity contribution in [2.24, 2.45) is 5.73 Å². The van der Waals surface area contributed by atoms with Crippen LogP contribution in [0.4, 0.5) is 0 Å². The number of carbonyl (C=O) groups excluding carboxylic acids is 2. The summed E-state index contributed by atoms with van der Waals surface area (Å²) in [6.07, 6.45) is 0. The van der Waals surface area contributed by atoms with Gasteiger partial charge in [0.1, 0.15) is 0 Å². The molecule has 0 aromatic rings. The number of hydrogen-bond acceptors (Lipinski definition) is 3. The van der Waals surface area contributed by atoms with Gasteiger partial charge in [-0.1, -0.05) is 0 Å². The summed E-state index contributed by atoms with van der Waals surface area (Å²) in [5.41, 5.74) is 5.41. The average molecular weight is 157 g/mol. The molecule has 2 N–H and O–H groups in total. The second kappa shape index (κ2) is 3.75. The van der Waals surface area contributed by atoms with Crippen LogP contribution in [0.25, 0.3) is 0 Å². The lowest BCUT2D eigenvalue weighted by atomic mass is 10.1. The SMILES string of the molecule is COC(=O)/C(C)=C(\C)C(N)=O. The molecule has 1 amide bonds. The molecular weight excluding hydrogens is 146 g/mol. The van der Waals surface area contributed by atoms with E-state index < -0.39 is 11.9 Å². The molecule has 0 spiro atoms. The normalized spacial score (nSPS) is 11.9. The van der Waals surface area contributed by atoms with E-state index in [1.54, 1.807) is 0 Å². The fourth-order valence-corrected chi connectivity index (χ4v) is 0.491. The smallest absolute Gasteiger partial charge is 0.333 e. The van der Waals surface area contributed by atoms with Crippen molar-refractivity contribution in [2.45, 2.75) is 13.8 Å². The molecule has 0 saturated heterocycles. The van der Waals surface area contributed by atoms with Gasteiger partial charge in [-0.3, -0.25) is 4.79 Å². The zero-order valence-corrected chi connectivity index (χ0v) is 6.80. The molecule has 4 nitrogen and oxygen atoms in total. The number of nitrogens with two attached hydrogens (primary N) is 1.